The van der Waals surface area contributed by atoms with Crippen molar-refractivity contribution >= 4 is 27.8 Å². The highest BCUT2D eigenvalue weighted by molar-refractivity contribution is 7.15. The second kappa shape index (κ2) is 5.41. The summed E-state index contributed by atoms with van der Waals surface area (Å²) in [5.41, 5.74) is 1.37. The molecule has 0 amide bonds. The summed E-state index contributed by atoms with van der Waals surface area (Å²) in [6.45, 7) is 1.06. The fourth-order valence-corrected chi connectivity index (χ4v) is 4.16. The third-order valence-corrected chi connectivity index (χ3v) is 5.64. The minimum atomic E-state index is 1.06. The Balaban J connectivity index is 1.64. The zero-order valence-electron chi connectivity index (χ0n) is 10.7. The number of aromatic nitrogens is 1. The van der Waals surface area contributed by atoms with Gasteiger partial charge >= 0.3 is 0 Å². The Morgan fingerprint density at radius 3 is 3.00 bits per heavy atom. The van der Waals surface area contributed by atoms with Gasteiger partial charge in [-0.25, -0.2) is 4.98 Å². The quantitative estimate of drug-likeness (QED) is 0.846. The minimum Gasteiger partial charge on any atom is -0.351 e. The SMILES string of the molecule is CN(CCc1cccs1)c1nc2c(s1)CCCC2. The summed E-state index contributed by atoms with van der Waals surface area (Å²) in [6.07, 6.45) is 6.21. The number of thiazole rings is 1. The lowest BCUT2D eigenvalue weighted by Crippen LogP contribution is -2.19. The molecule has 0 N–H and O–H groups in total. The molecule has 96 valence electrons. The smallest absolute Gasteiger partial charge is 0.185 e. The summed E-state index contributed by atoms with van der Waals surface area (Å²) < 4.78 is 0. The molecule has 2 aromatic heterocycles. The Kier molecular flexibility index (Phi) is 3.66. The van der Waals surface area contributed by atoms with Crippen LogP contribution < -0.4 is 4.90 Å². The summed E-state index contributed by atoms with van der Waals surface area (Å²) in [6, 6.07) is 4.34. The highest BCUT2D eigenvalue weighted by atomic mass is 32.1. The standard InChI is InChI=1S/C14H18N2S2/c1-16(9-8-11-5-4-10-17-11)14-15-12-6-2-3-7-13(12)18-14/h4-5,10H,2-3,6-9H2,1H3. The lowest BCUT2D eigenvalue weighted by molar-refractivity contribution is 0.681. The minimum absolute atomic E-state index is 1.06. The summed E-state index contributed by atoms with van der Waals surface area (Å²) >= 11 is 3.74. The maximum absolute atomic E-state index is 4.80. The Morgan fingerprint density at radius 1 is 1.33 bits per heavy atom. The normalized spacial score (nSPS) is 14.5. The van der Waals surface area contributed by atoms with E-state index in [0.717, 1.165) is 13.0 Å². The van der Waals surface area contributed by atoms with Gasteiger partial charge in [-0.1, -0.05) is 6.07 Å². The molecule has 0 saturated heterocycles. The maximum Gasteiger partial charge on any atom is 0.185 e. The monoisotopic (exact) mass is 278 g/mol. The zero-order valence-corrected chi connectivity index (χ0v) is 12.3. The van der Waals surface area contributed by atoms with Crippen LogP contribution in [0.15, 0.2) is 17.5 Å². The Hall–Kier alpha value is -0.870. The van der Waals surface area contributed by atoms with Crippen LogP contribution in [-0.2, 0) is 19.3 Å². The lowest BCUT2D eigenvalue weighted by Gasteiger charge is -2.14. The van der Waals surface area contributed by atoms with E-state index in [2.05, 4.69) is 29.5 Å². The molecule has 0 radical (unpaired) electrons. The number of hydrogen-bond acceptors (Lipinski definition) is 4. The van der Waals surface area contributed by atoms with Crippen LogP contribution in [0.3, 0.4) is 0 Å². The van der Waals surface area contributed by atoms with Crippen molar-refractivity contribution in [3.05, 3.63) is 33.0 Å². The number of aryl methyl sites for hydroxylation is 2. The van der Waals surface area contributed by atoms with Crippen LogP contribution >= 0.6 is 22.7 Å². The van der Waals surface area contributed by atoms with Gasteiger partial charge in [0.05, 0.1) is 5.69 Å². The summed E-state index contributed by atoms with van der Waals surface area (Å²) in [5, 5.41) is 3.36. The van der Waals surface area contributed by atoms with Crippen molar-refractivity contribution in [2.24, 2.45) is 0 Å². The van der Waals surface area contributed by atoms with E-state index in [9.17, 15) is 0 Å². The van der Waals surface area contributed by atoms with E-state index in [4.69, 9.17) is 4.98 Å². The van der Waals surface area contributed by atoms with Gasteiger partial charge in [0, 0.05) is 23.3 Å². The highest BCUT2D eigenvalue weighted by Crippen LogP contribution is 2.31. The molecule has 0 spiro atoms. The number of anilines is 1. The molecular weight excluding hydrogens is 260 g/mol. The van der Waals surface area contributed by atoms with Gasteiger partial charge in [-0.05, 0) is 43.6 Å². The van der Waals surface area contributed by atoms with Crippen LogP contribution in [0.5, 0.6) is 0 Å². The molecule has 0 fully saturated rings. The van der Waals surface area contributed by atoms with E-state index in [0.29, 0.717) is 0 Å². The van der Waals surface area contributed by atoms with Crippen LogP contribution in [0.1, 0.15) is 28.3 Å². The molecule has 0 aromatic carbocycles. The van der Waals surface area contributed by atoms with E-state index in [1.807, 2.05) is 22.7 Å². The second-order valence-corrected chi connectivity index (χ2v) is 6.92. The van der Waals surface area contributed by atoms with Crippen molar-refractivity contribution in [1.29, 1.82) is 0 Å². The van der Waals surface area contributed by atoms with Gasteiger partial charge in [-0.2, -0.15) is 0 Å². The molecule has 0 atom stereocenters. The molecule has 4 heteroatoms. The van der Waals surface area contributed by atoms with E-state index < -0.39 is 0 Å². The maximum atomic E-state index is 4.80. The third kappa shape index (κ3) is 2.59. The van der Waals surface area contributed by atoms with Gasteiger partial charge in [0.2, 0.25) is 0 Å². The molecule has 0 aliphatic heterocycles. The molecule has 0 unspecified atom stereocenters. The first kappa shape index (κ1) is 12.2. The fraction of sp³-hybridized carbons (Fsp3) is 0.500. The Labute approximate surface area is 116 Å². The van der Waals surface area contributed by atoms with Crippen molar-refractivity contribution in [2.45, 2.75) is 32.1 Å². The number of rotatable bonds is 4. The predicted molar refractivity (Wildman–Crippen MR) is 80.0 cm³/mol. The van der Waals surface area contributed by atoms with Crippen molar-refractivity contribution in [2.75, 3.05) is 18.5 Å². The predicted octanol–water partition coefficient (Wildman–Crippen LogP) is 3.76. The van der Waals surface area contributed by atoms with Crippen molar-refractivity contribution in [1.82, 2.24) is 4.98 Å². The highest BCUT2D eigenvalue weighted by Gasteiger charge is 2.16. The summed E-state index contributed by atoms with van der Waals surface area (Å²) in [4.78, 5) is 10.1. The third-order valence-electron chi connectivity index (χ3n) is 3.43. The average molecular weight is 278 g/mol. The van der Waals surface area contributed by atoms with Crippen LogP contribution in [0.2, 0.25) is 0 Å². The average Bonchev–Trinajstić information content (AvgIpc) is 3.04. The van der Waals surface area contributed by atoms with Crippen LogP contribution in [0.25, 0.3) is 0 Å². The molecule has 1 aliphatic rings. The first-order valence-corrected chi connectivity index (χ1v) is 8.24. The summed E-state index contributed by atoms with van der Waals surface area (Å²) in [5.74, 6) is 0. The van der Waals surface area contributed by atoms with Crippen LogP contribution in [0, 0.1) is 0 Å². The summed E-state index contributed by atoms with van der Waals surface area (Å²) in [7, 11) is 2.16. The number of hydrogen-bond donors (Lipinski definition) is 0. The molecular formula is C14H18N2S2. The van der Waals surface area contributed by atoms with Crippen molar-refractivity contribution in [3.63, 3.8) is 0 Å². The topological polar surface area (TPSA) is 16.1 Å². The number of thiophene rings is 1. The van der Waals surface area contributed by atoms with Gasteiger partial charge in [-0.15, -0.1) is 22.7 Å². The van der Waals surface area contributed by atoms with E-state index >= 15 is 0 Å². The molecule has 1 aliphatic carbocycles. The largest absolute Gasteiger partial charge is 0.351 e. The first-order valence-electron chi connectivity index (χ1n) is 6.55. The Morgan fingerprint density at radius 2 is 2.22 bits per heavy atom. The molecule has 18 heavy (non-hydrogen) atoms. The second-order valence-electron chi connectivity index (χ2n) is 4.82. The van der Waals surface area contributed by atoms with Gasteiger partial charge in [0.1, 0.15) is 0 Å². The van der Waals surface area contributed by atoms with Gasteiger partial charge in [0.15, 0.2) is 5.13 Å². The zero-order chi connectivity index (χ0) is 12.4. The fourth-order valence-electron chi connectivity index (χ4n) is 2.33. The van der Waals surface area contributed by atoms with E-state index in [-0.39, 0.29) is 0 Å². The number of fused-ring (bicyclic) bond motifs is 1. The molecule has 2 nitrogen and oxygen atoms in total. The number of nitrogens with zero attached hydrogens (tertiary/aromatic N) is 2. The molecule has 2 aromatic rings. The molecule has 0 bridgehead atoms. The van der Waals surface area contributed by atoms with Crippen LogP contribution in [-0.4, -0.2) is 18.6 Å². The molecule has 3 rings (SSSR count). The van der Waals surface area contributed by atoms with Gasteiger partial charge in [0.25, 0.3) is 0 Å². The first-order chi connectivity index (χ1) is 8.83. The lowest BCUT2D eigenvalue weighted by atomic mass is 10.0. The van der Waals surface area contributed by atoms with Crippen molar-refractivity contribution in [3.8, 4) is 0 Å². The molecule has 0 saturated carbocycles. The van der Waals surface area contributed by atoms with Crippen LogP contribution in [0.4, 0.5) is 5.13 Å². The van der Waals surface area contributed by atoms with E-state index in [1.54, 1.807) is 0 Å². The number of likely N-dealkylation sites (N-methyl/N-ethyl adjacent to an activating group) is 1. The van der Waals surface area contributed by atoms with E-state index in [1.165, 1.54) is 46.3 Å². The Bertz CT molecular complexity index is 478. The molecule has 2 heterocycles. The van der Waals surface area contributed by atoms with Gasteiger partial charge < -0.3 is 4.90 Å². The van der Waals surface area contributed by atoms with Crippen molar-refractivity contribution < 1.29 is 0 Å². The van der Waals surface area contributed by atoms with Gasteiger partial charge in [-0.3, -0.25) is 0 Å².